The molecule has 1 fully saturated rings. The average molecular weight is 843 g/mol. The summed E-state index contributed by atoms with van der Waals surface area (Å²) in [4.78, 5) is 39.9. The molecule has 1 amide bonds. The highest BCUT2D eigenvalue weighted by molar-refractivity contribution is 7.89. The molecule has 2 aromatic heterocycles. The number of ether oxygens (including phenoxy) is 3. The zero-order valence-corrected chi connectivity index (χ0v) is 36.5. The first kappa shape index (κ1) is 49.6. The number of carbonyl (C=O) groups excluding carboxylic acids is 3. The molecule has 59 heavy (non-hydrogen) atoms. The Balaban J connectivity index is 0.000000734. The van der Waals surface area contributed by atoms with E-state index in [9.17, 15) is 22.8 Å². The SMILES string of the molecule is CC.CCn1nc(C)cc1C=O.CN.CNc1nc2cc(S(N)(=O)=O)ccc2n1C/C=C/CNc1c(N)cc(C=O)cc1OCCCOC1CN(C(=O)OC(C)(C)C)C1. The summed E-state index contributed by atoms with van der Waals surface area (Å²) in [6.07, 6.45) is 5.59. The van der Waals surface area contributed by atoms with Crippen LogP contribution in [0.4, 0.5) is 22.1 Å². The number of allylic oxidation sites excluding steroid dienone is 1. The van der Waals surface area contributed by atoms with Crippen molar-refractivity contribution >= 4 is 57.0 Å². The summed E-state index contributed by atoms with van der Waals surface area (Å²) in [6.45, 7) is 16.7. The Bertz CT molecular complexity index is 2100. The maximum Gasteiger partial charge on any atom is 0.410 e. The number of nitrogen functional groups attached to an aromatic ring is 1. The van der Waals surface area contributed by atoms with Crippen LogP contribution in [0, 0.1) is 6.92 Å². The van der Waals surface area contributed by atoms with Gasteiger partial charge >= 0.3 is 6.09 Å². The van der Waals surface area contributed by atoms with Gasteiger partial charge in [0.25, 0.3) is 0 Å². The first-order chi connectivity index (χ1) is 28.1. The van der Waals surface area contributed by atoms with Crippen molar-refractivity contribution in [2.75, 3.05) is 63.3 Å². The Kier molecular flexibility index (Phi) is 20.0. The van der Waals surface area contributed by atoms with E-state index in [2.05, 4.69) is 26.4 Å². The maximum absolute atomic E-state index is 12.1. The van der Waals surface area contributed by atoms with Crippen LogP contribution in [0.15, 0.2) is 53.4 Å². The van der Waals surface area contributed by atoms with Gasteiger partial charge in [-0.2, -0.15) is 5.10 Å². The van der Waals surface area contributed by atoms with Gasteiger partial charge in [-0.05, 0) is 78.1 Å². The molecule has 326 valence electrons. The molecule has 0 bridgehead atoms. The van der Waals surface area contributed by atoms with E-state index in [1.807, 2.05) is 65.2 Å². The lowest BCUT2D eigenvalue weighted by Gasteiger charge is -2.39. The summed E-state index contributed by atoms with van der Waals surface area (Å²) in [7, 11) is -0.608. The minimum absolute atomic E-state index is 0.00391. The van der Waals surface area contributed by atoms with Crippen molar-refractivity contribution in [1.29, 1.82) is 0 Å². The molecule has 5 rings (SSSR count). The van der Waals surface area contributed by atoms with Crippen LogP contribution in [0.25, 0.3) is 11.0 Å². The first-order valence-corrected chi connectivity index (χ1v) is 20.9. The lowest BCUT2D eigenvalue weighted by atomic mass is 10.1. The number of nitrogens with one attached hydrogen (secondary N) is 2. The number of carbonyl (C=O) groups is 3. The van der Waals surface area contributed by atoms with Crippen LogP contribution in [0.5, 0.6) is 5.75 Å². The maximum atomic E-state index is 12.1. The number of fused-ring (bicyclic) bond motifs is 1. The molecule has 2 aromatic carbocycles. The largest absolute Gasteiger partial charge is 0.491 e. The number of hydrogen-bond acceptors (Lipinski definition) is 14. The number of benzene rings is 2. The first-order valence-electron chi connectivity index (χ1n) is 19.3. The van der Waals surface area contributed by atoms with Gasteiger partial charge in [0.2, 0.25) is 16.0 Å². The van der Waals surface area contributed by atoms with Gasteiger partial charge in [0.15, 0.2) is 6.29 Å². The van der Waals surface area contributed by atoms with Crippen LogP contribution in [-0.2, 0) is 32.6 Å². The number of sulfonamides is 1. The molecule has 19 heteroatoms. The summed E-state index contributed by atoms with van der Waals surface area (Å²) in [5.41, 5.74) is 14.3. The lowest BCUT2D eigenvalue weighted by molar-refractivity contribution is -0.0647. The van der Waals surface area contributed by atoms with Crippen LogP contribution in [-0.4, -0.2) is 110 Å². The number of imidazole rings is 1. The normalized spacial score (nSPS) is 12.6. The van der Waals surface area contributed by atoms with E-state index in [1.165, 1.54) is 19.2 Å². The molecule has 0 atom stereocenters. The molecule has 0 spiro atoms. The van der Waals surface area contributed by atoms with Gasteiger partial charge in [-0.3, -0.25) is 14.3 Å². The number of amides is 1. The van der Waals surface area contributed by atoms with E-state index in [0.717, 1.165) is 24.0 Å². The Labute approximate surface area is 347 Å². The minimum Gasteiger partial charge on any atom is -0.491 e. The third-order valence-electron chi connectivity index (χ3n) is 8.17. The van der Waals surface area contributed by atoms with Gasteiger partial charge in [-0.15, -0.1) is 0 Å². The zero-order valence-electron chi connectivity index (χ0n) is 35.7. The molecular formula is C40H62N10O8S. The highest BCUT2D eigenvalue weighted by Gasteiger charge is 2.34. The predicted molar refractivity (Wildman–Crippen MR) is 232 cm³/mol. The smallest absolute Gasteiger partial charge is 0.410 e. The molecule has 1 aliphatic rings. The van der Waals surface area contributed by atoms with Gasteiger partial charge < -0.3 is 45.8 Å². The second kappa shape index (κ2) is 23.8. The van der Waals surface area contributed by atoms with E-state index in [4.69, 9.17) is 25.1 Å². The number of rotatable bonds is 16. The summed E-state index contributed by atoms with van der Waals surface area (Å²) < 4.78 is 44.2. The van der Waals surface area contributed by atoms with Crippen LogP contribution in [0.1, 0.15) is 74.5 Å². The molecule has 1 saturated heterocycles. The molecule has 0 aliphatic carbocycles. The van der Waals surface area contributed by atoms with E-state index in [1.54, 1.807) is 40.9 Å². The van der Waals surface area contributed by atoms with Crippen molar-refractivity contribution in [2.24, 2.45) is 10.9 Å². The fourth-order valence-corrected chi connectivity index (χ4v) is 6.07. The van der Waals surface area contributed by atoms with Crippen LogP contribution in [0.3, 0.4) is 0 Å². The predicted octanol–water partition coefficient (Wildman–Crippen LogP) is 4.82. The molecular weight excluding hydrogens is 781 g/mol. The van der Waals surface area contributed by atoms with Crippen molar-refractivity contribution < 1.29 is 37.0 Å². The molecule has 4 aromatic rings. The van der Waals surface area contributed by atoms with Gasteiger partial charge in [0, 0.05) is 38.7 Å². The van der Waals surface area contributed by atoms with E-state index < -0.39 is 15.6 Å². The molecule has 3 heterocycles. The number of anilines is 3. The highest BCUT2D eigenvalue weighted by Crippen LogP contribution is 2.32. The summed E-state index contributed by atoms with van der Waals surface area (Å²) in [5, 5.41) is 15.6. The van der Waals surface area contributed by atoms with Gasteiger partial charge in [0.05, 0.1) is 59.7 Å². The fraction of sp³-hybridized carbons (Fsp3) is 0.475. The van der Waals surface area contributed by atoms with Crippen LogP contribution < -0.4 is 32.0 Å². The van der Waals surface area contributed by atoms with Gasteiger partial charge in [-0.25, -0.2) is 23.3 Å². The third kappa shape index (κ3) is 15.0. The molecule has 8 N–H and O–H groups in total. The van der Waals surface area contributed by atoms with Gasteiger partial charge in [0.1, 0.15) is 29.0 Å². The minimum atomic E-state index is -3.84. The van der Waals surface area contributed by atoms with Crippen molar-refractivity contribution in [1.82, 2.24) is 24.2 Å². The summed E-state index contributed by atoms with van der Waals surface area (Å²) in [5.74, 6) is 1.02. The van der Waals surface area contributed by atoms with Crippen LogP contribution >= 0.6 is 0 Å². The number of nitrogens with two attached hydrogens (primary N) is 3. The topological polar surface area (TPSA) is 254 Å². The van der Waals surface area contributed by atoms with Gasteiger partial charge in [-0.1, -0.05) is 26.0 Å². The number of primary sulfonamides is 1. The third-order valence-corrected chi connectivity index (χ3v) is 9.08. The summed E-state index contributed by atoms with van der Waals surface area (Å²) in [6, 6.07) is 9.55. The number of likely N-dealkylation sites (tertiary alicyclic amines) is 1. The molecule has 18 nitrogen and oxygen atoms in total. The molecule has 1 aliphatic heterocycles. The Hall–Kier alpha value is -5.50. The Morgan fingerprint density at radius 2 is 1.73 bits per heavy atom. The number of aryl methyl sites for hydroxylation is 2. The van der Waals surface area contributed by atoms with Crippen molar-refractivity contribution in [3.63, 3.8) is 0 Å². The lowest BCUT2D eigenvalue weighted by Crippen LogP contribution is -2.56. The molecule has 0 saturated carbocycles. The number of hydrogen-bond donors (Lipinski definition) is 5. The van der Waals surface area contributed by atoms with Crippen molar-refractivity contribution in [3.8, 4) is 5.75 Å². The average Bonchev–Trinajstić information content (AvgIpc) is 3.74. The number of aldehydes is 2. The molecule has 0 radical (unpaired) electrons. The Morgan fingerprint density at radius 3 is 2.31 bits per heavy atom. The van der Waals surface area contributed by atoms with E-state index in [0.29, 0.717) is 91.9 Å². The Morgan fingerprint density at radius 1 is 1.03 bits per heavy atom. The zero-order chi connectivity index (χ0) is 44.3. The van der Waals surface area contributed by atoms with E-state index >= 15 is 0 Å². The monoisotopic (exact) mass is 842 g/mol. The second-order valence-corrected chi connectivity index (χ2v) is 15.2. The fourth-order valence-electron chi connectivity index (χ4n) is 5.54. The van der Waals surface area contributed by atoms with Crippen LogP contribution in [0.2, 0.25) is 0 Å². The number of nitrogens with zero attached hydrogens (tertiary/aromatic N) is 5. The van der Waals surface area contributed by atoms with E-state index in [-0.39, 0.29) is 17.1 Å². The van der Waals surface area contributed by atoms with Crippen molar-refractivity contribution in [3.05, 3.63) is 65.5 Å². The second-order valence-electron chi connectivity index (χ2n) is 13.7. The van der Waals surface area contributed by atoms with Crippen molar-refractivity contribution in [2.45, 2.75) is 84.6 Å². The summed E-state index contributed by atoms with van der Waals surface area (Å²) >= 11 is 0. The molecule has 0 unspecified atom stereocenters. The number of aromatic nitrogens is 4. The highest BCUT2D eigenvalue weighted by atomic mass is 32.2. The quantitative estimate of drug-likeness (QED) is 0.0439. The standard InChI is InChI=1S/C30H41N7O7S.C7H10N2O.C2H6.CH5N/c1-30(2,3)44-29(39)36-17-21(18-36)42-12-7-13-43-26-15-20(19-38)14-23(31)27(26)34-10-5-6-11-37-25-9-8-22(45(32,40)41)16-24(25)35-28(37)33-4;1-3-9-7(5-10)4-6(2)8-9;2*1-2/h5-6,8-9,14-16,19,21,34H,7,10-13,17-18,31H2,1-4H3,(H,33,35)(H2,32,40,41);4-5H,3H2,1-2H3;1-2H3;2H2,1H3/b6-5+;;;.